The van der Waals surface area contributed by atoms with Crippen LogP contribution in [-0.2, 0) is 46.3 Å². The van der Waals surface area contributed by atoms with E-state index in [0.29, 0.717) is 32.1 Å². The second-order valence-electron chi connectivity index (χ2n) is 16.4. The van der Waals surface area contributed by atoms with Gasteiger partial charge in [0.2, 0.25) is 0 Å². The molecule has 1 aromatic rings. The molecular formula is C48H77N3O16P2. The van der Waals surface area contributed by atoms with Crippen LogP contribution in [0, 0.1) is 0 Å². The smallest absolute Gasteiger partial charge is 0.462 e. The Morgan fingerprint density at radius 2 is 1.35 bits per heavy atom. The Morgan fingerprint density at radius 3 is 2.01 bits per heavy atom. The van der Waals surface area contributed by atoms with Gasteiger partial charge in [-0.25, -0.2) is 13.9 Å². The van der Waals surface area contributed by atoms with Crippen molar-refractivity contribution >= 4 is 33.4 Å². The van der Waals surface area contributed by atoms with E-state index in [-0.39, 0.29) is 18.7 Å². The van der Waals surface area contributed by atoms with Gasteiger partial charge in [-0.05, 0) is 76.7 Å². The van der Waals surface area contributed by atoms with Gasteiger partial charge in [-0.15, -0.1) is 0 Å². The second-order valence-corrected chi connectivity index (χ2v) is 19.5. The van der Waals surface area contributed by atoms with Crippen LogP contribution < -0.4 is 11.4 Å². The highest BCUT2D eigenvalue weighted by molar-refractivity contribution is 7.61. The fourth-order valence-corrected chi connectivity index (χ4v) is 8.64. The van der Waals surface area contributed by atoms with E-state index in [1.807, 2.05) is 49.5 Å². The summed E-state index contributed by atoms with van der Waals surface area (Å²) in [6.45, 7) is 1.72. The third-order valence-corrected chi connectivity index (χ3v) is 13.0. The number of carbonyl (C=O) groups excluding carboxylic acids is 2. The number of allylic oxidation sites excluding steroid dienone is 11. The molecule has 19 nitrogen and oxygen atoms in total. The molecule has 21 heteroatoms. The van der Waals surface area contributed by atoms with Gasteiger partial charge in [-0.2, -0.15) is 9.29 Å². The quantitative estimate of drug-likeness (QED) is 0.0119. The van der Waals surface area contributed by atoms with E-state index in [0.717, 1.165) is 62.1 Å². The summed E-state index contributed by atoms with van der Waals surface area (Å²) in [4.78, 5) is 61.8. The van der Waals surface area contributed by atoms with Crippen LogP contribution in [0.3, 0.4) is 0 Å². The van der Waals surface area contributed by atoms with E-state index in [1.165, 1.54) is 31.7 Å². The van der Waals surface area contributed by atoms with Gasteiger partial charge in [0.15, 0.2) is 12.3 Å². The van der Waals surface area contributed by atoms with E-state index >= 15 is 0 Å². The normalized spacial score (nSPS) is 20.4. The molecule has 2 heterocycles. The molecule has 390 valence electrons. The summed E-state index contributed by atoms with van der Waals surface area (Å²) in [6.07, 6.45) is 32.3. The van der Waals surface area contributed by atoms with Crippen molar-refractivity contribution in [3.8, 4) is 0 Å². The maximum absolute atomic E-state index is 12.8. The van der Waals surface area contributed by atoms with Crippen molar-refractivity contribution in [1.29, 1.82) is 0 Å². The number of anilines is 1. The maximum atomic E-state index is 12.8. The summed E-state index contributed by atoms with van der Waals surface area (Å²) in [5.41, 5.74) is 4.57. The van der Waals surface area contributed by atoms with Crippen molar-refractivity contribution in [1.82, 2.24) is 9.55 Å². The molecule has 0 amide bonds. The Hall–Kier alpha value is -3.84. The van der Waals surface area contributed by atoms with E-state index in [1.54, 1.807) is 6.08 Å². The lowest BCUT2D eigenvalue weighted by atomic mass is 10.1. The molecule has 0 aromatic carbocycles. The average Bonchev–Trinajstić information content (AvgIpc) is 3.58. The minimum Gasteiger partial charge on any atom is -0.462 e. The van der Waals surface area contributed by atoms with Crippen LogP contribution in [0.4, 0.5) is 5.82 Å². The number of hydrogen-bond donors (Lipinski definition) is 6. The fourth-order valence-electron chi connectivity index (χ4n) is 6.53. The van der Waals surface area contributed by atoms with Crippen LogP contribution in [0.1, 0.15) is 142 Å². The van der Waals surface area contributed by atoms with Crippen LogP contribution in [-0.4, -0.2) is 96.9 Å². The van der Waals surface area contributed by atoms with E-state index in [4.69, 9.17) is 29.0 Å². The summed E-state index contributed by atoms with van der Waals surface area (Å²) in [5, 5.41) is 30.4. The first-order valence-corrected chi connectivity index (χ1v) is 27.0. The number of aliphatic hydroxyl groups is 3. The van der Waals surface area contributed by atoms with Gasteiger partial charge in [0, 0.05) is 19.0 Å². The summed E-state index contributed by atoms with van der Waals surface area (Å²) in [6, 6.07) is 1.24. The van der Waals surface area contributed by atoms with Crippen molar-refractivity contribution in [3.63, 3.8) is 0 Å². The van der Waals surface area contributed by atoms with Gasteiger partial charge < -0.3 is 45.1 Å². The highest BCUT2D eigenvalue weighted by Crippen LogP contribution is 2.60. The monoisotopic (exact) mass is 1010 g/mol. The van der Waals surface area contributed by atoms with Gasteiger partial charge in [0.1, 0.15) is 30.7 Å². The first kappa shape index (κ1) is 61.3. The van der Waals surface area contributed by atoms with Gasteiger partial charge in [-0.1, -0.05) is 125 Å². The molecule has 69 heavy (non-hydrogen) atoms. The lowest BCUT2D eigenvalue weighted by molar-refractivity contribution is -0.161. The third-order valence-electron chi connectivity index (χ3n) is 10.4. The molecule has 0 bridgehead atoms. The second kappa shape index (κ2) is 36.1. The molecule has 1 fully saturated rings. The number of aliphatic hydroxyl groups excluding tert-OH is 3. The Labute approximate surface area is 407 Å². The zero-order valence-corrected chi connectivity index (χ0v) is 42.0. The number of nitrogens with two attached hydrogens (primary N) is 1. The van der Waals surface area contributed by atoms with Gasteiger partial charge >= 0.3 is 33.3 Å². The highest BCUT2D eigenvalue weighted by atomic mass is 31.3. The highest BCUT2D eigenvalue weighted by Gasteiger charge is 2.46. The van der Waals surface area contributed by atoms with Gasteiger partial charge in [0.05, 0.1) is 19.3 Å². The van der Waals surface area contributed by atoms with Gasteiger partial charge in [0.25, 0.3) is 0 Å². The minimum absolute atomic E-state index is 0.0469. The number of rotatable bonds is 38. The molecule has 2 rings (SSSR count). The van der Waals surface area contributed by atoms with Crippen molar-refractivity contribution in [2.75, 3.05) is 25.6 Å². The van der Waals surface area contributed by atoms with Gasteiger partial charge in [-0.3, -0.25) is 23.2 Å². The van der Waals surface area contributed by atoms with Crippen LogP contribution in [0.2, 0.25) is 0 Å². The number of unbranched alkanes of at least 4 members (excludes halogenated alkanes) is 10. The number of nitrogens with zero attached hydrogens (tertiary/aromatic N) is 2. The van der Waals surface area contributed by atoms with Crippen molar-refractivity contribution in [2.45, 2.75) is 173 Å². The summed E-state index contributed by atoms with van der Waals surface area (Å²) in [5.74, 6) is -1.41. The van der Waals surface area contributed by atoms with Crippen molar-refractivity contribution < 1.29 is 71.4 Å². The first-order valence-electron chi connectivity index (χ1n) is 24.1. The Balaban J connectivity index is 1.86. The minimum atomic E-state index is -5.44. The van der Waals surface area contributed by atoms with Crippen LogP contribution in [0.25, 0.3) is 0 Å². The predicted octanol–water partition coefficient (Wildman–Crippen LogP) is 8.30. The molecule has 1 aromatic heterocycles. The Morgan fingerprint density at radius 1 is 0.768 bits per heavy atom. The number of phosphoric acid groups is 2. The Kier molecular flexibility index (Phi) is 32.1. The van der Waals surface area contributed by atoms with E-state index < -0.39 is 89.8 Å². The lowest BCUT2D eigenvalue weighted by Gasteiger charge is -2.21. The largest absolute Gasteiger partial charge is 0.481 e. The molecule has 1 aliphatic rings. The van der Waals surface area contributed by atoms with Crippen LogP contribution >= 0.6 is 15.6 Å². The zero-order valence-electron chi connectivity index (χ0n) is 40.2. The molecule has 7 N–H and O–H groups in total. The summed E-state index contributed by atoms with van der Waals surface area (Å²) in [7, 11) is -10.9. The fraction of sp³-hybridized carbons (Fsp3) is 0.625. The third kappa shape index (κ3) is 29.2. The van der Waals surface area contributed by atoms with Crippen molar-refractivity contribution in [3.05, 3.63) is 95.7 Å². The van der Waals surface area contributed by atoms with Crippen LogP contribution in [0.15, 0.2) is 90.0 Å². The standard InChI is InChI=1S/C48H77N3O16P2/c1-3-5-6-7-8-9-10-13-17-20-23-26-29-32-43(53)62-36-40(65-44(54)33-30-27-24-21-18-15-12-11-14-16-19-22-25-28-31-39(52)4-2)37-63-68(58,59)67-69(60,61)64-38-41-45(55)46(56)47(66-41)51-35-34-42(49)50-48(51)57/h9-10,12,14-16,21-22,24-25,28,31,34-35,39-41,45-47,52,55-56H,3-8,11,13,17-20,23,26-27,29-30,32-33,36-38H2,1-2H3,(H,58,59)(H,60,61)(H2,49,50,57)/b10-9-,15-12-,16-14-,24-21-,25-22-,31-28+/t39-,40-,41-,45-,46-,47-/m1/s1. The average molecular weight is 1010 g/mol. The molecule has 1 saturated heterocycles. The number of nitrogen functional groups attached to an aromatic ring is 1. The first-order chi connectivity index (χ1) is 33.1. The molecule has 2 unspecified atom stereocenters. The maximum Gasteiger partial charge on any atom is 0.481 e. The SMILES string of the molecule is CCCCCC/C=C\CCCCCCCC(=O)OC[C@H](COP(=O)(O)OP(=O)(O)OC[C@H]1O[C@@H](n2ccc(N)nc2=O)[C@H](O)[C@@H]1O)OC(=O)CCC/C=C\C/C=C\C/C=C\C/C=C\C=C\[C@H](O)CC. The Bertz CT molecular complexity index is 1950. The van der Waals surface area contributed by atoms with E-state index in [2.05, 4.69) is 40.5 Å². The predicted molar refractivity (Wildman–Crippen MR) is 262 cm³/mol. The molecule has 0 spiro atoms. The number of esters is 2. The number of hydrogen-bond acceptors (Lipinski definition) is 16. The zero-order chi connectivity index (χ0) is 50.8. The lowest BCUT2D eigenvalue weighted by Crippen LogP contribution is -2.36. The molecule has 0 aliphatic carbocycles. The van der Waals surface area contributed by atoms with E-state index in [9.17, 15) is 48.6 Å². The topological polar surface area (TPSA) is 286 Å². The number of ether oxygens (including phenoxy) is 3. The summed E-state index contributed by atoms with van der Waals surface area (Å²) >= 11 is 0. The number of carbonyl (C=O) groups is 2. The molecule has 1 aliphatic heterocycles. The summed E-state index contributed by atoms with van der Waals surface area (Å²) < 4.78 is 56.6. The molecular weight excluding hydrogens is 936 g/mol. The van der Waals surface area contributed by atoms with Crippen LogP contribution in [0.5, 0.6) is 0 Å². The number of aromatic nitrogens is 2. The number of phosphoric ester groups is 2. The molecule has 0 radical (unpaired) electrons. The molecule has 8 atom stereocenters. The molecule has 0 saturated carbocycles. The van der Waals surface area contributed by atoms with Crippen molar-refractivity contribution in [2.24, 2.45) is 0 Å².